The Morgan fingerprint density at radius 2 is 1.86 bits per heavy atom. The van der Waals surface area contributed by atoms with E-state index in [-0.39, 0.29) is 16.2 Å². The Morgan fingerprint density at radius 3 is 2.45 bits per heavy atom. The van der Waals surface area contributed by atoms with Crippen molar-refractivity contribution in [1.29, 1.82) is 0 Å². The molecule has 0 aromatic heterocycles. The molecule has 2 aromatic rings. The SMILES string of the molecule is Cc1cc(C(=O)Nc2cccc(O)c2)cc(S(N)(=O)=O)c1C. The third kappa shape index (κ3) is 3.44. The van der Waals surface area contributed by atoms with Gasteiger partial charge >= 0.3 is 0 Å². The highest BCUT2D eigenvalue weighted by atomic mass is 32.2. The van der Waals surface area contributed by atoms with Gasteiger partial charge < -0.3 is 10.4 Å². The number of aromatic hydroxyl groups is 1. The first-order valence-electron chi connectivity index (χ1n) is 6.43. The zero-order chi connectivity index (χ0) is 16.5. The number of hydrogen-bond acceptors (Lipinski definition) is 4. The van der Waals surface area contributed by atoms with Gasteiger partial charge in [0.05, 0.1) is 4.90 Å². The lowest BCUT2D eigenvalue weighted by Gasteiger charge is -2.11. The molecule has 22 heavy (non-hydrogen) atoms. The molecule has 0 heterocycles. The Balaban J connectivity index is 2.41. The molecule has 1 amide bonds. The zero-order valence-corrected chi connectivity index (χ0v) is 12.9. The van der Waals surface area contributed by atoms with E-state index in [0.717, 1.165) is 0 Å². The van der Waals surface area contributed by atoms with Crippen LogP contribution >= 0.6 is 0 Å². The minimum atomic E-state index is -3.91. The molecule has 0 fully saturated rings. The van der Waals surface area contributed by atoms with Crippen LogP contribution in [-0.4, -0.2) is 19.4 Å². The fraction of sp³-hybridized carbons (Fsp3) is 0.133. The van der Waals surface area contributed by atoms with Crippen LogP contribution in [0.4, 0.5) is 5.69 Å². The van der Waals surface area contributed by atoms with Gasteiger partial charge in [0.25, 0.3) is 5.91 Å². The summed E-state index contributed by atoms with van der Waals surface area (Å²) in [5.74, 6) is -0.471. The Bertz CT molecular complexity index is 845. The van der Waals surface area contributed by atoms with Gasteiger partial charge in [0.2, 0.25) is 10.0 Å². The van der Waals surface area contributed by atoms with Gasteiger partial charge in [0.15, 0.2) is 0 Å². The van der Waals surface area contributed by atoms with E-state index in [1.807, 2.05) is 0 Å². The van der Waals surface area contributed by atoms with Crippen LogP contribution < -0.4 is 10.5 Å². The third-order valence-electron chi connectivity index (χ3n) is 3.29. The summed E-state index contributed by atoms with van der Waals surface area (Å²) in [6.45, 7) is 3.33. The number of carbonyl (C=O) groups is 1. The van der Waals surface area contributed by atoms with Crippen molar-refractivity contribution in [2.75, 3.05) is 5.32 Å². The summed E-state index contributed by atoms with van der Waals surface area (Å²) in [7, 11) is -3.91. The van der Waals surface area contributed by atoms with Gasteiger partial charge in [-0.05, 0) is 49.2 Å². The largest absolute Gasteiger partial charge is 0.508 e. The molecule has 0 radical (unpaired) electrons. The summed E-state index contributed by atoms with van der Waals surface area (Å²) in [6, 6.07) is 8.89. The van der Waals surface area contributed by atoms with Gasteiger partial charge in [0.1, 0.15) is 5.75 Å². The Hall–Kier alpha value is -2.38. The average molecular weight is 320 g/mol. The van der Waals surface area contributed by atoms with Crippen LogP contribution in [0.2, 0.25) is 0 Å². The number of aryl methyl sites for hydroxylation is 1. The van der Waals surface area contributed by atoms with Crippen molar-refractivity contribution in [2.24, 2.45) is 5.14 Å². The second-order valence-electron chi connectivity index (χ2n) is 4.97. The fourth-order valence-electron chi connectivity index (χ4n) is 2.04. The number of anilines is 1. The Kier molecular flexibility index (Phi) is 4.20. The quantitative estimate of drug-likeness (QED) is 0.802. The van der Waals surface area contributed by atoms with Crippen LogP contribution in [-0.2, 0) is 10.0 Å². The molecule has 2 rings (SSSR count). The summed E-state index contributed by atoms with van der Waals surface area (Å²) in [4.78, 5) is 12.2. The maximum atomic E-state index is 12.2. The molecule has 2 aromatic carbocycles. The molecule has 7 heteroatoms. The normalized spacial score (nSPS) is 11.2. The number of rotatable bonds is 3. The van der Waals surface area contributed by atoms with E-state index in [1.165, 1.54) is 18.2 Å². The summed E-state index contributed by atoms with van der Waals surface area (Å²) in [5.41, 5.74) is 1.74. The van der Waals surface area contributed by atoms with E-state index in [4.69, 9.17) is 5.14 Å². The van der Waals surface area contributed by atoms with Crippen molar-refractivity contribution < 1.29 is 18.3 Å². The molecule has 6 nitrogen and oxygen atoms in total. The molecule has 116 valence electrons. The second kappa shape index (κ2) is 5.78. The maximum absolute atomic E-state index is 12.2. The standard InChI is InChI=1S/C15H16N2O4S/c1-9-6-11(7-14(10(9)2)22(16,20)21)15(19)17-12-4-3-5-13(18)8-12/h3-8,18H,1-2H3,(H,17,19)(H2,16,20,21). The van der Waals surface area contributed by atoms with Gasteiger partial charge in [-0.25, -0.2) is 13.6 Å². The van der Waals surface area contributed by atoms with Crippen molar-refractivity contribution >= 4 is 21.6 Å². The van der Waals surface area contributed by atoms with E-state index in [0.29, 0.717) is 16.8 Å². The highest BCUT2D eigenvalue weighted by Gasteiger charge is 2.17. The summed E-state index contributed by atoms with van der Waals surface area (Å²) in [6.07, 6.45) is 0. The van der Waals surface area contributed by atoms with Crippen LogP contribution in [0, 0.1) is 13.8 Å². The summed E-state index contributed by atoms with van der Waals surface area (Å²) in [5, 5.41) is 17.1. The number of sulfonamides is 1. The van der Waals surface area contributed by atoms with E-state index < -0.39 is 15.9 Å². The number of nitrogens with one attached hydrogen (secondary N) is 1. The van der Waals surface area contributed by atoms with Crippen molar-refractivity contribution in [3.8, 4) is 5.75 Å². The van der Waals surface area contributed by atoms with E-state index in [1.54, 1.807) is 32.0 Å². The number of hydrogen-bond donors (Lipinski definition) is 3. The topological polar surface area (TPSA) is 109 Å². The highest BCUT2D eigenvalue weighted by molar-refractivity contribution is 7.89. The second-order valence-corrected chi connectivity index (χ2v) is 6.50. The van der Waals surface area contributed by atoms with Gasteiger partial charge in [-0.3, -0.25) is 4.79 Å². The highest BCUT2D eigenvalue weighted by Crippen LogP contribution is 2.22. The number of carbonyl (C=O) groups excluding carboxylic acids is 1. The predicted octanol–water partition coefficient (Wildman–Crippen LogP) is 1.91. The van der Waals surface area contributed by atoms with Crippen molar-refractivity contribution in [2.45, 2.75) is 18.7 Å². The van der Waals surface area contributed by atoms with Crippen LogP contribution in [0.25, 0.3) is 0 Å². The molecule has 0 saturated heterocycles. The van der Waals surface area contributed by atoms with Gasteiger partial charge in [0, 0.05) is 17.3 Å². The van der Waals surface area contributed by atoms with Gasteiger partial charge in [-0.15, -0.1) is 0 Å². The van der Waals surface area contributed by atoms with E-state index in [9.17, 15) is 18.3 Å². The number of phenolic OH excluding ortho intramolecular Hbond substituents is 1. The minimum absolute atomic E-state index is 0.0168. The molecule has 0 aliphatic rings. The lowest BCUT2D eigenvalue weighted by atomic mass is 10.1. The average Bonchev–Trinajstić information content (AvgIpc) is 2.40. The first kappa shape index (κ1) is 16.0. The Labute approximate surface area is 128 Å². The molecule has 0 unspecified atom stereocenters. The van der Waals surface area contributed by atoms with Gasteiger partial charge in [-0.1, -0.05) is 6.07 Å². The van der Waals surface area contributed by atoms with Crippen LogP contribution in [0.5, 0.6) is 5.75 Å². The van der Waals surface area contributed by atoms with Crippen LogP contribution in [0.1, 0.15) is 21.5 Å². The van der Waals surface area contributed by atoms with E-state index in [2.05, 4.69) is 5.32 Å². The molecular weight excluding hydrogens is 304 g/mol. The molecule has 0 spiro atoms. The maximum Gasteiger partial charge on any atom is 0.255 e. The van der Waals surface area contributed by atoms with Crippen LogP contribution in [0.15, 0.2) is 41.3 Å². The minimum Gasteiger partial charge on any atom is -0.508 e. The molecule has 0 saturated carbocycles. The number of nitrogens with two attached hydrogens (primary N) is 1. The molecule has 0 aliphatic heterocycles. The monoisotopic (exact) mass is 320 g/mol. The lowest BCUT2D eigenvalue weighted by molar-refractivity contribution is 0.102. The van der Waals surface area contributed by atoms with Crippen molar-refractivity contribution in [3.63, 3.8) is 0 Å². The van der Waals surface area contributed by atoms with Crippen LogP contribution in [0.3, 0.4) is 0 Å². The molecule has 0 bridgehead atoms. The predicted molar refractivity (Wildman–Crippen MR) is 83.3 cm³/mol. The van der Waals surface area contributed by atoms with Gasteiger partial charge in [-0.2, -0.15) is 0 Å². The molecule has 0 aliphatic carbocycles. The number of benzene rings is 2. The van der Waals surface area contributed by atoms with Crippen molar-refractivity contribution in [1.82, 2.24) is 0 Å². The molecular formula is C15H16N2O4S. The van der Waals surface area contributed by atoms with Crippen molar-refractivity contribution in [3.05, 3.63) is 53.1 Å². The zero-order valence-electron chi connectivity index (χ0n) is 12.1. The smallest absolute Gasteiger partial charge is 0.255 e. The first-order valence-corrected chi connectivity index (χ1v) is 7.97. The fourth-order valence-corrected chi connectivity index (χ4v) is 2.92. The first-order chi connectivity index (χ1) is 10.2. The van der Waals surface area contributed by atoms with E-state index >= 15 is 0 Å². The molecule has 0 atom stereocenters. The lowest BCUT2D eigenvalue weighted by Crippen LogP contribution is -2.17. The molecule has 4 N–H and O–H groups in total. The number of amides is 1. The Morgan fingerprint density at radius 1 is 1.18 bits per heavy atom. The summed E-state index contributed by atoms with van der Waals surface area (Å²) < 4.78 is 23.2. The number of primary sulfonamides is 1. The summed E-state index contributed by atoms with van der Waals surface area (Å²) >= 11 is 0. The third-order valence-corrected chi connectivity index (χ3v) is 4.33. The number of phenols is 1.